The van der Waals surface area contributed by atoms with Gasteiger partial charge >= 0.3 is 0 Å². The fraction of sp³-hybridized carbons (Fsp3) is 0.500. The van der Waals surface area contributed by atoms with Crippen molar-refractivity contribution in [1.82, 2.24) is 0 Å². The molecule has 0 saturated heterocycles. The molecule has 0 aliphatic heterocycles. The van der Waals surface area contributed by atoms with Gasteiger partial charge in [-0.05, 0) is 37.1 Å². The lowest BCUT2D eigenvalue weighted by atomic mass is 10.1. The van der Waals surface area contributed by atoms with Crippen LogP contribution in [-0.2, 0) is 4.79 Å². The summed E-state index contributed by atoms with van der Waals surface area (Å²) in [5.41, 5.74) is 3.03. The molecule has 0 unspecified atom stereocenters. The Morgan fingerprint density at radius 1 is 1.29 bits per heavy atom. The Kier molecular flexibility index (Phi) is 7.85. The Labute approximate surface area is 105 Å². The van der Waals surface area contributed by atoms with Crippen molar-refractivity contribution in [2.45, 2.75) is 40.5 Å². The first-order valence-corrected chi connectivity index (χ1v) is 6.25. The fourth-order valence-corrected chi connectivity index (χ4v) is 1.40. The molecule has 1 aromatic rings. The molecule has 1 rings (SSSR count). The number of hydrogen-bond donors (Lipinski definition) is 2. The summed E-state index contributed by atoms with van der Waals surface area (Å²) in [5, 5.41) is 5.96. The van der Waals surface area contributed by atoms with Gasteiger partial charge in [0.05, 0.1) is 0 Å². The van der Waals surface area contributed by atoms with Gasteiger partial charge in [0.1, 0.15) is 0 Å². The molecule has 2 N–H and O–H groups in total. The number of amides is 1. The third-order valence-corrected chi connectivity index (χ3v) is 2.27. The maximum atomic E-state index is 11.4. The summed E-state index contributed by atoms with van der Waals surface area (Å²) in [6.07, 6.45) is 1.45. The van der Waals surface area contributed by atoms with Gasteiger partial charge in [0, 0.05) is 24.8 Å². The third kappa shape index (κ3) is 5.38. The van der Waals surface area contributed by atoms with Gasteiger partial charge in [-0.3, -0.25) is 4.79 Å². The van der Waals surface area contributed by atoms with Gasteiger partial charge in [-0.15, -0.1) is 0 Å². The van der Waals surface area contributed by atoms with Crippen LogP contribution in [0, 0.1) is 6.92 Å². The number of carbonyl (C=O) groups excluding carboxylic acids is 1. The van der Waals surface area contributed by atoms with E-state index in [0.717, 1.165) is 23.4 Å². The lowest BCUT2D eigenvalue weighted by Crippen LogP contribution is -2.11. The summed E-state index contributed by atoms with van der Waals surface area (Å²) in [5.74, 6) is 0.0813. The van der Waals surface area contributed by atoms with E-state index in [2.05, 4.69) is 10.6 Å². The zero-order valence-electron chi connectivity index (χ0n) is 11.6. The summed E-state index contributed by atoms with van der Waals surface area (Å²) < 4.78 is 0. The molecular weight excluding hydrogens is 212 g/mol. The molecule has 0 aliphatic carbocycles. The van der Waals surface area contributed by atoms with Gasteiger partial charge in [0.15, 0.2) is 0 Å². The third-order valence-electron chi connectivity index (χ3n) is 2.27. The fourth-order valence-electron chi connectivity index (χ4n) is 1.40. The van der Waals surface area contributed by atoms with Crippen molar-refractivity contribution < 1.29 is 4.79 Å². The highest BCUT2D eigenvalue weighted by Crippen LogP contribution is 2.19. The van der Waals surface area contributed by atoms with Crippen molar-refractivity contribution in [1.29, 1.82) is 0 Å². The number of nitrogens with one attached hydrogen (secondary N) is 2. The van der Waals surface area contributed by atoms with E-state index in [1.165, 1.54) is 0 Å². The monoisotopic (exact) mass is 236 g/mol. The van der Waals surface area contributed by atoms with Gasteiger partial charge in [-0.2, -0.15) is 0 Å². The standard InChI is InChI=1S/C12H18N2O.C2H6/c1-4-5-12(15)14-11-7-6-10(13-3)8-9(11)2;1-2/h6-8,13H,4-5H2,1-3H3,(H,14,15);1-2H3. The smallest absolute Gasteiger partial charge is 0.224 e. The van der Waals surface area contributed by atoms with Crippen LogP contribution in [0.25, 0.3) is 0 Å². The van der Waals surface area contributed by atoms with Gasteiger partial charge in [-0.25, -0.2) is 0 Å². The van der Waals surface area contributed by atoms with Crippen LogP contribution < -0.4 is 10.6 Å². The summed E-state index contributed by atoms with van der Waals surface area (Å²) in [6.45, 7) is 7.99. The molecule has 1 amide bonds. The average molecular weight is 236 g/mol. The van der Waals surface area contributed by atoms with Crippen LogP contribution in [0.4, 0.5) is 11.4 Å². The predicted molar refractivity (Wildman–Crippen MR) is 75.6 cm³/mol. The minimum absolute atomic E-state index is 0.0813. The molecule has 17 heavy (non-hydrogen) atoms. The molecular formula is C14H24N2O. The summed E-state index contributed by atoms with van der Waals surface area (Å²) in [4.78, 5) is 11.4. The molecule has 3 heteroatoms. The number of rotatable bonds is 4. The van der Waals surface area contributed by atoms with Crippen molar-refractivity contribution in [2.75, 3.05) is 17.7 Å². The maximum Gasteiger partial charge on any atom is 0.224 e. The van der Waals surface area contributed by atoms with E-state index in [4.69, 9.17) is 0 Å². The van der Waals surface area contributed by atoms with Gasteiger partial charge in [0.25, 0.3) is 0 Å². The van der Waals surface area contributed by atoms with Crippen LogP contribution in [0.15, 0.2) is 18.2 Å². The molecule has 3 nitrogen and oxygen atoms in total. The SMILES string of the molecule is CC.CCCC(=O)Nc1ccc(NC)cc1C. The lowest BCUT2D eigenvalue weighted by Gasteiger charge is -2.09. The Hall–Kier alpha value is -1.51. The molecule has 0 radical (unpaired) electrons. The summed E-state index contributed by atoms with van der Waals surface area (Å²) in [6, 6.07) is 5.89. The first-order valence-electron chi connectivity index (χ1n) is 6.25. The summed E-state index contributed by atoms with van der Waals surface area (Å²) in [7, 11) is 1.88. The van der Waals surface area contributed by atoms with Crippen LogP contribution in [0.1, 0.15) is 39.2 Å². The van der Waals surface area contributed by atoms with Crippen LogP contribution in [0.3, 0.4) is 0 Å². The van der Waals surface area contributed by atoms with Crippen molar-refractivity contribution in [3.8, 4) is 0 Å². The molecule has 0 aliphatic rings. The van der Waals surface area contributed by atoms with Gasteiger partial charge in [0.2, 0.25) is 5.91 Å². The molecule has 96 valence electrons. The molecule has 0 heterocycles. The maximum absolute atomic E-state index is 11.4. The molecule has 0 aromatic heterocycles. The highest BCUT2D eigenvalue weighted by molar-refractivity contribution is 5.91. The van der Waals surface area contributed by atoms with Crippen molar-refractivity contribution >= 4 is 17.3 Å². The molecule has 0 atom stereocenters. The van der Waals surface area contributed by atoms with Crippen LogP contribution in [0.2, 0.25) is 0 Å². The molecule has 0 spiro atoms. The van der Waals surface area contributed by atoms with E-state index in [1.807, 2.05) is 52.9 Å². The number of carbonyl (C=O) groups is 1. The zero-order chi connectivity index (χ0) is 13.3. The van der Waals surface area contributed by atoms with Crippen molar-refractivity contribution in [3.63, 3.8) is 0 Å². The van der Waals surface area contributed by atoms with Crippen LogP contribution in [0.5, 0.6) is 0 Å². The van der Waals surface area contributed by atoms with E-state index >= 15 is 0 Å². The molecule has 0 fully saturated rings. The van der Waals surface area contributed by atoms with E-state index in [1.54, 1.807) is 0 Å². The second kappa shape index (κ2) is 8.62. The Bertz CT molecular complexity index is 348. The number of aryl methyl sites for hydroxylation is 1. The number of hydrogen-bond acceptors (Lipinski definition) is 2. The Morgan fingerprint density at radius 3 is 2.41 bits per heavy atom. The lowest BCUT2D eigenvalue weighted by molar-refractivity contribution is -0.116. The highest BCUT2D eigenvalue weighted by atomic mass is 16.1. The quantitative estimate of drug-likeness (QED) is 0.834. The van der Waals surface area contributed by atoms with E-state index in [9.17, 15) is 4.79 Å². The first kappa shape index (κ1) is 15.5. The average Bonchev–Trinajstić information content (AvgIpc) is 2.34. The molecule has 0 bridgehead atoms. The first-order chi connectivity index (χ1) is 8.17. The Balaban J connectivity index is 0.00000121. The Morgan fingerprint density at radius 2 is 1.94 bits per heavy atom. The molecule has 0 saturated carbocycles. The topological polar surface area (TPSA) is 41.1 Å². The van der Waals surface area contributed by atoms with E-state index < -0.39 is 0 Å². The van der Waals surface area contributed by atoms with Gasteiger partial charge in [-0.1, -0.05) is 20.8 Å². The summed E-state index contributed by atoms with van der Waals surface area (Å²) >= 11 is 0. The van der Waals surface area contributed by atoms with E-state index in [-0.39, 0.29) is 5.91 Å². The minimum atomic E-state index is 0.0813. The second-order valence-electron chi connectivity index (χ2n) is 3.58. The normalized spacial score (nSPS) is 9.00. The highest BCUT2D eigenvalue weighted by Gasteiger charge is 2.03. The van der Waals surface area contributed by atoms with Crippen molar-refractivity contribution in [2.24, 2.45) is 0 Å². The van der Waals surface area contributed by atoms with Crippen LogP contribution >= 0.6 is 0 Å². The minimum Gasteiger partial charge on any atom is -0.388 e. The number of anilines is 2. The van der Waals surface area contributed by atoms with E-state index in [0.29, 0.717) is 6.42 Å². The van der Waals surface area contributed by atoms with Gasteiger partial charge < -0.3 is 10.6 Å². The predicted octanol–water partition coefficient (Wildman–Crippen LogP) is 3.80. The number of benzene rings is 1. The van der Waals surface area contributed by atoms with Crippen LogP contribution in [-0.4, -0.2) is 13.0 Å². The van der Waals surface area contributed by atoms with Crippen molar-refractivity contribution in [3.05, 3.63) is 23.8 Å². The zero-order valence-corrected chi connectivity index (χ0v) is 11.6. The molecule has 1 aromatic carbocycles. The largest absolute Gasteiger partial charge is 0.388 e. The second-order valence-corrected chi connectivity index (χ2v) is 3.58.